The van der Waals surface area contributed by atoms with Crippen LogP contribution in [0.25, 0.3) is 0 Å². The van der Waals surface area contributed by atoms with Gasteiger partial charge < -0.3 is 39.7 Å². The maximum Gasteiger partial charge on any atom is 0.330 e. The number of rotatable bonds is 26. The van der Waals surface area contributed by atoms with Crippen LogP contribution in [-0.4, -0.2) is 56.2 Å². The molecule has 0 aliphatic heterocycles. The van der Waals surface area contributed by atoms with Gasteiger partial charge in [-0.3, -0.25) is 19.2 Å². The second-order valence-corrected chi connectivity index (χ2v) is 16.2. The van der Waals surface area contributed by atoms with Crippen molar-refractivity contribution >= 4 is 69.9 Å². The van der Waals surface area contributed by atoms with Gasteiger partial charge in [0, 0.05) is 72.0 Å². The summed E-state index contributed by atoms with van der Waals surface area (Å²) in [5, 5.41) is 37.7. The summed E-state index contributed by atoms with van der Waals surface area (Å²) in [6.07, 6.45) is 1.78. The zero-order chi connectivity index (χ0) is 49.3. The minimum atomic E-state index is -0.969. The van der Waals surface area contributed by atoms with E-state index in [1.54, 1.807) is 13.8 Å². The van der Waals surface area contributed by atoms with Gasteiger partial charge in [-0.1, -0.05) is 61.7 Å². The second kappa shape index (κ2) is 24.5. The highest BCUT2D eigenvalue weighted by Crippen LogP contribution is 2.41. The second-order valence-electron chi connectivity index (χ2n) is 16.2. The highest BCUT2D eigenvalue weighted by molar-refractivity contribution is 5.83. The van der Waals surface area contributed by atoms with E-state index in [0.29, 0.717) is 0 Å². The molecule has 0 saturated heterocycles. The summed E-state index contributed by atoms with van der Waals surface area (Å²) in [7, 11) is 0. The fourth-order valence-corrected chi connectivity index (χ4v) is 7.95. The van der Waals surface area contributed by atoms with E-state index in [1.807, 2.05) is 131 Å². The lowest BCUT2D eigenvalue weighted by atomic mass is 9.89. The molecule has 0 aliphatic rings. The van der Waals surface area contributed by atoms with E-state index in [0.717, 1.165) is 68.5 Å². The van der Waals surface area contributed by atoms with Crippen LogP contribution >= 0.6 is 0 Å². The number of carbonyl (C=O) groups is 6. The lowest BCUT2D eigenvalue weighted by Gasteiger charge is -2.29. The van der Waals surface area contributed by atoms with Gasteiger partial charge in [0.1, 0.15) is 12.2 Å². The van der Waals surface area contributed by atoms with Crippen LogP contribution < -0.4 is 9.80 Å². The fourth-order valence-electron chi connectivity index (χ4n) is 7.95. The Labute approximate surface area is 395 Å². The highest BCUT2D eigenvalue weighted by atomic mass is 16.5. The third-order valence-corrected chi connectivity index (χ3v) is 11.6. The minimum absolute atomic E-state index is 0.114. The van der Waals surface area contributed by atoms with Crippen molar-refractivity contribution in [3.8, 4) is 0 Å². The first-order valence-electron chi connectivity index (χ1n) is 22.2. The van der Waals surface area contributed by atoms with Gasteiger partial charge >= 0.3 is 35.8 Å². The van der Waals surface area contributed by atoms with Crippen LogP contribution in [0.15, 0.2) is 147 Å². The van der Waals surface area contributed by atoms with Crippen molar-refractivity contribution in [3.63, 3.8) is 0 Å². The minimum Gasteiger partial charge on any atom is -0.481 e. The monoisotopic (exact) mass is 924 g/mol. The van der Waals surface area contributed by atoms with E-state index in [-0.39, 0.29) is 63.2 Å². The lowest BCUT2D eigenvalue weighted by molar-refractivity contribution is -0.143. The molecule has 354 valence electrons. The normalized spacial score (nSPS) is 11.8. The van der Waals surface area contributed by atoms with Crippen molar-refractivity contribution in [1.82, 2.24) is 0 Å². The van der Waals surface area contributed by atoms with Crippen LogP contribution in [0.3, 0.4) is 0 Å². The molecule has 0 fully saturated rings. The summed E-state index contributed by atoms with van der Waals surface area (Å²) in [6, 6.07) is 38.1. The molecule has 2 atom stereocenters. The van der Waals surface area contributed by atoms with Gasteiger partial charge in [-0.05, 0) is 146 Å². The number of carboxylic acids is 4. The topological polar surface area (TPSA) is 208 Å². The molecule has 0 saturated carbocycles. The van der Waals surface area contributed by atoms with Gasteiger partial charge in [0.15, 0.2) is 0 Å². The van der Waals surface area contributed by atoms with Crippen molar-refractivity contribution in [2.75, 3.05) is 9.80 Å². The average molecular weight is 925 g/mol. The molecule has 0 aromatic heterocycles. The van der Waals surface area contributed by atoms with E-state index >= 15 is 0 Å². The third-order valence-electron chi connectivity index (χ3n) is 11.6. The summed E-state index contributed by atoms with van der Waals surface area (Å²) in [6.45, 7) is 10.5. The van der Waals surface area contributed by atoms with E-state index in [9.17, 15) is 49.2 Å². The Kier molecular flexibility index (Phi) is 18.4. The molecule has 0 spiro atoms. The summed E-state index contributed by atoms with van der Waals surface area (Å²) in [5.74, 6) is -5.56. The summed E-state index contributed by atoms with van der Waals surface area (Å²) >= 11 is 0. The molecule has 0 aliphatic carbocycles. The van der Waals surface area contributed by atoms with E-state index in [2.05, 4.69) is 13.2 Å². The lowest BCUT2D eigenvalue weighted by Crippen LogP contribution is -2.13. The SMILES string of the molecule is C=CC(=O)OC(C)c1ccc(N(c2ccc(C(C)OC(=O)C=C)cc2)c2ccc(N(c3ccc(C(CCC(=O)O)CCC(=O)O)cc3)c3ccc(C(CCC(=O)O)CCC(=O)O)cc3)cc2)cc1. The number of esters is 2. The number of ether oxygens (including phenoxy) is 2. The zero-order valence-electron chi connectivity index (χ0n) is 38.0. The van der Waals surface area contributed by atoms with Gasteiger partial charge in [-0.15, -0.1) is 0 Å². The first-order chi connectivity index (χ1) is 32.6. The van der Waals surface area contributed by atoms with Crippen molar-refractivity contribution in [2.24, 2.45) is 0 Å². The van der Waals surface area contributed by atoms with Gasteiger partial charge in [-0.25, -0.2) is 9.59 Å². The Hall–Kier alpha value is -8.00. The van der Waals surface area contributed by atoms with Crippen LogP contribution in [0, 0.1) is 0 Å². The molecule has 0 amide bonds. The molecular weight excluding hydrogens is 869 g/mol. The number of nitrogens with zero attached hydrogens (tertiary/aromatic N) is 2. The molecule has 0 radical (unpaired) electrons. The summed E-state index contributed by atoms with van der Waals surface area (Å²) in [5.41, 5.74) is 7.70. The number of aliphatic carboxylic acids is 4. The third kappa shape index (κ3) is 14.5. The van der Waals surface area contributed by atoms with Crippen LogP contribution in [0.5, 0.6) is 0 Å². The zero-order valence-corrected chi connectivity index (χ0v) is 38.0. The molecule has 5 aromatic rings. The molecule has 14 heteroatoms. The van der Waals surface area contributed by atoms with Crippen LogP contribution in [0.1, 0.15) is 112 Å². The fraction of sp³-hybridized carbons (Fsp3) is 0.259. The van der Waals surface area contributed by atoms with Gasteiger partial charge in [0.25, 0.3) is 0 Å². The van der Waals surface area contributed by atoms with Crippen LogP contribution in [0.2, 0.25) is 0 Å². The van der Waals surface area contributed by atoms with Gasteiger partial charge in [0.2, 0.25) is 0 Å². The Bertz CT molecular complexity index is 2350. The number of carbonyl (C=O) groups excluding carboxylic acids is 2. The molecule has 5 rings (SSSR count). The van der Waals surface area contributed by atoms with E-state index < -0.39 is 48.0 Å². The van der Waals surface area contributed by atoms with Gasteiger partial charge in [0.05, 0.1) is 0 Å². The number of carboxylic acid groups (broad SMARTS) is 4. The molecule has 0 heterocycles. The molecule has 14 nitrogen and oxygen atoms in total. The molecular formula is C54H56N2O12. The van der Waals surface area contributed by atoms with Crippen molar-refractivity contribution in [3.05, 3.63) is 169 Å². The molecule has 68 heavy (non-hydrogen) atoms. The Morgan fingerprint density at radius 1 is 0.412 bits per heavy atom. The standard InChI is InChI=1S/C54H56N2O12/c1-5-53(65)67-35(3)37-7-19-43(20-8-37)55(44-21-9-38(10-22-44)36(4)68-54(66)6-2)47-27-29-48(30-28-47)56(45-23-11-39(12-24-45)41(15-31-49(57)58)16-32-50(59)60)46-25-13-40(14-26-46)42(17-33-51(61)62)18-34-52(63)64/h5-14,19-30,35-36,41-42H,1-2,15-18,31-34H2,3-4H3,(H,57,58)(H,59,60)(H,61,62)(H,63,64). The maximum absolute atomic E-state index is 12.0. The number of hydrogen-bond donors (Lipinski definition) is 4. The molecule has 5 aromatic carbocycles. The molecule has 4 N–H and O–H groups in total. The number of hydrogen-bond acceptors (Lipinski definition) is 10. The van der Waals surface area contributed by atoms with Crippen molar-refractivity contribution in [2.45, 2.75) is 89.3 Å². The quantitative estimate of drug-likeness (QED) is 0.0301. The van der Waals surface area contributed by atoms with E-state index in [1.165, 1.54) is 0 Å². The smallest absolute Gasteiger partial charge is 0.330 e. The number of anilines is 6. The Morgan fingerprint density at radius 3 is 0.824 bits per heavy atom. The van der Waals surface area contributed by atoms with Crippen LogP contribution in [-0.2, 0) is 38.2 Å². The molecule has 2 unspecified atom stereocenters. The summed E-state index contributed by atoms with van der Waals surface area (Å²) in [4.78, 5) is 74.0. The number of benzene rings is 5. The van der Waals surface area contributed by atoms with Crippen molar-refractivity contribution < 1.29 is 58.7 Å². The Balaban J connectivity index is 1.58. The van der Waals surface area contributed by atoms with Gasteiger partial charge in [-0.2, -0.15) is 0 Å². The van der Waals surface area contributed by atoms with Crippen molar-refractivity contribution in [1.29, 1.82) is 0 Å². The highest BCUT2D eigenvalue weighted by Gasteiger charge is 2.22. The predicted octanol–water partition coefficient (Wildman–Crippen LogP) is 11.8. The van der Waals surface area contributed by atoms with E-state index in [4.69, 9.17) is 9.47 Å². The largest absolute Gasteiger partial charge is 0.481 e. The van der Waals surface area contributed by atoms with Crippen LogP contribution in [0.4, 0.5) is 34.1 Å². The summed E-state index contributed by atoms with van der Waals surface area (Å²) < 4.78 is 10.9. The molecule has 0 bridgehead atoms. The maximum atomic E-state index is 12.0. The first kappa shape index (κ1) is 51.0. The average Bonchev–Trinajstić information content (AvgIpc) is 3.32. The predicted molar refractivity (Wildman–Crippen MR) is 258 cm³/mol. The Morgan fingerprint density at radius 2 is 0.618 bits per heavy atom. The first-order valence-corrected chi connectivity index (χ1v) is 22.2.